The number of carbonyl (C=O) groups is 4. The number of ether oxygens (including phenoxy) is 4. The third kappa shape index (κ3) is 9.01. The minimum absolute atomic E-state index is 0.0294. The van der Waals surface area contributed by atoms with Crippen molar-refractivity contribution in [2.75, 3.05) is 18.0 Å². The number of likely N-dealkylation sites (tertiary alicyclic amines) is 1. The molecule has 270 valence electrons. The topological polar surface area (TPSA) is 144 Å². The van der Waals surface area contributed by atoms with Gasteiger partial charge in [-0.15, -0.1) is 0 Å². The maximum atomic E-state index is 13.4. The lowest BCUT2D eigenvalue weighted by Gasteiger charge is -2.39. The van der Waals surface area contributed by atoms with E-state index in [4.69, 9.17) is 18.9 Å². The molecule has 0 spiro atoms. The number of imide groups is 1. The zero-order chi connectivity index (χ0) is 36.1. The molecule has 5 atom stereocenters. The summed E-state index contributed by atoms with van der Waals surface area (Å²) in [5.41, 5.74) is 2.81. The van der Waals surface area contributed by atoms with Crippen molar-refractivity contribution in [3.8, 4) is 0 Å². The highest BCUT2D eigenvalue weighted by atomic mass is 16.7. The fraction of sp³-hybridized carbons (Fsp3) is 0.436. The number of nitrogens with one attached hydrogen (secondary N) is 1. The number of amides is 3. The third-order valence-electron chi connectivity index (χ3n) is 9.15. The molecule has 0 bridgehead atoms. The van der Waals surface area contributed by atoms with Crippen molar-refractivity contribution < 1.29 is 43.2 Å². The van der Waals surface area contributed by atoms with Crippen molar-refractivity contribution in [3.63, 3.8) is 0 Å². The lowest BCUT2D eigenvalue weighted by atomic mass is 9.99. The minimum atomic E-state index is -1.07. The fourth-order valence-corrected chi connectivity index (χ4v) is 6.71. The van der Waals surface area contributed by atoms with Gasteiger partial charge in [0, 0.05) is 18.5 Å². The molecular weight excluding hydrogens is 654 g/mol. The number of hydrogen-bond donors (Lipinski definition) is 2. The maximum Gasteiger partial charge on any atom is 0.408 e. The van der Waals surface area contributed by atoms with Gasteiger partial charge in [-0.25, -0.2) is 9.69 Å². The summed E-state index contributed by atoms with van der Waals surface area (Å²) in [6.45, 7) is 6.74. The van der Waals surface area contributed by atoms with Crippen molar-refractivity contribution in [3.05, 3.63) is 101 Å². The highest BCUT2D eigenvalue weighted by Crippen LogP contribution is 2.40. The van der Waals surface area contributed by atoms with Gasteiger partial charge in [-0.05, 0) is 69.0 Å². The van der Waals surface area contributed by atoms with Crippen LogP contribution in [0.3, 0.4) is 0 Å². The predicted molar refractivity (Wildman–Crippen MR) is 186 cm³/mol. The van der Waals surface area contributed by atoms with Crippen molar-refractivity contribution in [1.29, 1.82) is 0 Å². The summed E-state index contributed by atoms with van der Waals surface area (Å²) in [6.07, 6.45) is -0.478. The Morgan fingerprint density at radius 3 is 2.43 bits per heavy atom. The molecule has 6 rings (SSSR count). The van der Waals surface area contributed by atoms with Crippen molar-refractivity contribution in [2.24, 2.45) is 0 Å². The number of carbonyl (C=O) groups excluding carboxylic acids is 4. The number of nitrogens with zero attached hydrogens (tertiary/aromatic N) is 2. The molecule has 12 nitrogen and oxygen atoms in total. The molecule has 3 aliphatic rings. The summed E-state index contributed by atoms with van der Waals surface area (Å²) in [4.78, 5) is 55.3. The molecule has 0 aromatic heterocycles. The summed E-state index contributed by atoms with van der Waals surface area (Å²) in [5.74, 6) is -1.27. The Balaban J connectivity index is 1.18. The molecule has 0 radical (unpaired) electrons. The van der Waals surface area contributed by atoms with E-state index in [0.29, 0.717) is 30.6 Å². The SMILES string of the molecule is CC(C)(C)OC(=O)[C@@H]1CCCN1C[C@@H]1C[C@H](c2ccc(CO)cc2)O[C@H](c2cccc(N3C(=O)CC(NC(=O)OCc4ccccc4)C3=O)c2)O1. The smallest absolute Gasteiger partial charge is 0.408 e. The molecule has 51 heavy (non-hydrogen) atoms. The molecule has 3 fully saturated rings. The van der Waals surface area contributed by atoms with Gasteiger partial charge in [0.25, 0.3) is 5.91 Å². The Morgan fingerprint density at radius 1 is 0.941 bits per heavy atom. The van der Waals surface area contributed by atoms with E-state index < -0.39 is 35.8 Å². The molecule has 3 amide bonds. The van der Waals surface area contributed by atoms with Crippen molar-refractivity contribution >= 4 is 29.6 Å². The van der Waals surface area contributed by atoms with E-state index in [9.17, 15) is 24.3 Å². The number of aliphatic hydroxyl groups is 1. The molecule has 3 heterocycles. The number of hydrogen-bond acceptors (Lipinski definition) is 10. The molecule has 0 aliphatic carbocycles. The van der Waals surface area contributed by atoms with Crippen molar-refractivity contribution in [2.45, 2.75) is 95.9 Å². The molecule has 3 aromatic rings. The van der Waals surface area contributed by atoms with E-state index in [1.807, 2.05) is 81.4 Å². The third-order valence-corrected chi connectivity index (χ3v) is 9.15. The zero-order valence-corrected chi connectivity index (χ0v) is 29.2. The lowest BCUT2D eigenvalue weighted by molar-refractivity contribution is -0.253. The Hall–Kier alpha value is -4.62. The van der Waals surface area contributed by atoms with Crippen LogP contribution in [0.25, 0.3) is 0 Å². The predicted octanol–water partition coefficient (Wildman–Crippen LogP) is 5.09. The molecule has 12 heteroatoms. The van der Waals surface area contributed by atoms with E-state index in [1.165, 1.54) is 0 Å². The fourth-order valence-electron chi connectivity index (χ4n) is 6.71. The number of rotatable bonds is 10. The second-order valence-electron chi connectivity index (χ2n) is 14.2. The lowest BCUT2D eigenvalue weighted by Crippen LogP contribution is -2.45. The summed E-state index contributed by atoms with van der Waals surface area (Å²) in [7, 11) is 0. The molecular formula is C39H45N3O9. The van der Waals surface area contributed by atoms with Gasteiger partial charge >= 0.3 is 12.1 Å². The van der Waals surface area contributed by atoms with Crippen LogP contribution >= 0.6 is 0 Å². The van der Waals surface area contributed by atoms with Crippen LogP contribution in [0.1, 0.15) is 81.1 Å². The van der Waals surface area contributed by atoms with Gasteiger partial charge in [0.15, 0.2) is 6.29 Å². The molecule has 3 saturated heterocycles. The first-order chi connectivity index (χ1) is 24.5. The van der Waals surface area contributed by atoms with Gasteiger partial charge < -0.3 is 29.4 Å². The zero-order valence-electron chi connectivity index (χ0n) is 29.2. The van der Waals surface area contributed by atoms with Gasteiger partial charge in [-0.3, -0.25) is 19.3 Å². The number of esters is 1. The highest BCUT2D eigenvalue weighted by Gasteiger charge is 2.42. The molecule has 2 N–H and O–H groups in total. The summed E-state index contributed by atoms with van der Waals surface area (Å²) >= 11 is 0. The van der Waals surface area contributed by atoms with Crippen LogP contribution in [0.2, 0.25) is 0 Å². The molecule has 0 saturated carbocycles. The van der Waals surface area contributed by atoms with Crippen LogP contribution in [-0.2, 0) is 46.5 Å². The van der Waals surface area contributed by atoms with Gasteiger partial charge in [0.1, 0.15) is 24.3 Å². The van der Waals surface area contributed by atoms with Gasteiger partial charge in [-0.2, -0.15) is 0 Å². The number of aliphatic hydroxyl groups excluding tert-OH is 1. The van der Waals surface area contributed by atoms with E-state index in [2.05, 4.69) is 10.2 Å². The standard InChI is InChI=1S/C39H45N3O9/c1-39(2,3)51-36(46)32-13-8-18-41(32)22-30-20-33(27-16-14-25(23-43)15-17-27)50-37(49-30)28-11-7-12-29(19-28)42-34(44)21-31(35(42)45)40-38(47)48-24-26-9-5-4-6-10-26/h4-7,9-12,14-17,19,30-33,37,43H,8,13,18,20-24H2,1-3H3,(H,40,47)/t30-,31?,32-,33+,37+/m0/s1. The van der Waals surface area contributed by atoms with Gasteiger partial charge in [-0.1, -0.05) is 66.7 Å². The summed E-state index contributed by atoms with van der Waals surface area (Å²) in [5, 5.41) is 12.1. The Labute approximate surface area is 297 Å². The van der Waals surface area contributed by atoms with E-state index in [-0.39, 0.29) is 43.9 Å². The Morgan fingerprint density at radius 2 is 1.71 bits per heavy atom. The van der Waals surface area contributed by atoms with E-state index >= 15 is 0 Å². The number of anilines is 1. The largest absolute Gasteiger partial charge is 0.459 e. The molecule has 3 aliphatic heterocycles. The summed E-state index contributed by atoms with van der Waals surface area (Å²) < 4.78 is 24.1. The van der Waals surface area contributed by atoms with Crippen LogP contribution < -0.4 is 10.2 Å². The first-order valence-electron chi connectivity index (χ1n) is 17.4. The highest BCUT2D eigenvalue weighted by molar-refractivity contribution is 6.22. The second kappa shape index (κ2) is 15.7. The van der Waals surface area contributed by atoms with Gasteiger partial charge in [0.05, 0.1) is 30.9 Å². The number of benzene rings is 3. The maximum absolute atomic E-state index is 13.4. The number of alkyl carbamates (subject to hydrolysis) is 1. The Kier molecular flexibility index (Phi) is 11.2. The van der Waals surface area contributed by atoms with Crippen LogP contribution in [0.5, 0.6) is 0 Å². The first kappa shape index (κ1) is 36.2. The monoisotopic (exact) mass is 699 g/mol. The molecule has 1 unspecified atom stereocenters. The van der Waals surface area contributed by atoms with Crippen LogP contribution in [-0.4, -0.2) is 70.8 Å². The Bertz CT molecular complexity index is 1710. The quantitative estimate of drug-likeness (QED) is 0.217. The minimum Gasteiger partial charge on any atom is -0.459 e. The van der Waals surface area contributed by atoms with E-state index in [0.717, 1.165) is 34.6 Å². The average Bonchev–Trinajstić information content (AvgIpc) is 3.69. The van der Waals surface area contributed by atoms with Crippen LogP contribution in [0.15, 0.2) is 78.9 Å². The van der Waals surface area contributed by atoms with Crippen molar-refractivity contribution in [1.82, 2.24) is 10.2 Å². The second-order valence-corrected chi connectivity index (χ2v) is 14.2. The normalized spacial score (nSPS) is 24.1. The van der Waals surface area contributed by atoms with Crippen LogP contribution in [0, 0.1) is 0 Å². The van der Waals surface area contributed by atoms with Gasteiger partial charge in [0.2, 0.25) is 5.91 Å². The summed E-state index contributed by atoms with van der Waals surface area (Å²) in [6, 6.07) is 22.1. The van der Waals surface area contributed by atoms with Crippen LogP contribution in [0.4, 0.5) is 10.5 Å². The van der Waals surface area contributed by atoms with E-state index in [1.54, 1.807) is 18.2 Å². The first-order valence-corrected chi connectivity index (χ1v) is 17.4. The molecule has 3 aromatic carbocycles. The average molecular weight is 700 g/mol.